The van der Waals surface area contributed by atoms with Crippen LogP contribution in [-0.4, -0.2) is 17.4 Å². The standard InChI is InChI=1S/C22H22NOS/c24-21-15-8-7-14-20(21)22(18-10-3-1-4-11-18)23-16-9-17-25-19-12-5-2-6-13-19/h1-8,10,12-15,22-24H,9,16-17H2. The van der Waals surface area contributed by atoms with Crippen LogP contribution in [0.3, 0.4) is 0 Å². The third-order valence-corrected chi connectivity index (χ3v) is 5.07. The first-order valence-electron chi connectivity index (χ1n) is 8.50. The first kappa shape index (κ1) is 17.6. The summed E-state index contributed by atoms with van der Waals surface area (Å²) in [4.78, 5) is 1.30. The number of nitrogens with one attached hydrogen (secondary N) is 1. The molecule has 3 aromatic rings. The molecule has 3 rings (SSSR count). The van der Waals surface area contributed by atoms with Crippen LogP contribution in [0.15, 0.2) is 83.8 Å². The maximum Gasteiger partial charge on any atom is 0.120 e. The van der Waals surface area contributed by atoms with E-state index < -0.39 is 0 Å². The van der Waals surface area contributed by atoms with Gasteiger partial charge in [-0.3, -0.25) is 0 Å². The lowest BCUT2D eigenvalue weighted by atomic mass is 9.98. The molecule has 0 aromatic heterocycles. The highest BCUT2D eigenvalue weighted by Gasteiger charge is 2.16. The van der Waals surface area contributed by atoms with Crippen LogP contribution in [0.25, 0.3) is 0 Å². The minimum absolute atomic E-state index is 0.0517. The topological polar surface area (TPSA) is 32.3 Å². The van der Waals surface area contributed by atoms with Crippen molar-refractivity contribution in [2.75, 3.05) is 12.3 Å². The summed E-state index contributed by atoms with van der Waals surface area (Å²) in [5.74, 6) is 1.37. The van der Waals surface area contributed by atoms with Crippen molar-refractivity contribution in [3.8, 4) is 5.75 Å². The predicted octanol–water partition coefficient (Wildman–Crippen LogP) is 5.05. The van der Waals surface area contributed by atoms with Gasteiger partial charge in [-0.2, -0.15) is 0 Å². The molecular weight excluding hydrogens is 326 g/mol. The minimum Gasteiger partial charge on any atom is -0.508 e. The van der Waals surface area contributed by atoms with E-state index in [1.165, 1.54) is 4.90 Å². The molecule has 25 heavy (non-hydrogen) atoms. The highest BCUT2D eigenvalue weighted by atomic mass is 32.2. The molecule has 0 aliphatic rings. The first-order chi connectivity index (χ1) is 12.3. The molecule has 0 aliphatic heterocycles. The Morgan fingerprint density at radius 1 is 0.920 bits per heavy atom. The molecule has 0 aliphatic carbocycles. The molecule has 0 spiro atoms. The average Bonchev–Trinajstić information content (AvgIpc) is 2.67. The number of rotatable bonds is 8. The van der Waals surface area contributed by atoms with Gasteiger partial charge in [0, 0.05) is 10.5 Å². The SMILES string of the molecule is Oc1ccccc1C(NCCCSc1ccccc1)c1[c]cccc1. The Morgan fingerprint density at radius 3 is 2.44 bits per heavy atom. The predicted molar refractivity (Wildman–Crippen MR) is 105 cm³/mol. The van der Waals surface area contributed by atoms with Gasteiger partial charge >= 0.3 is 0 Å². The van der Waals surface area contributed by atoms with Gasteiger partial charge in [0.25, 0.3) is 0 Å². The summed E-state index contributed by atoms with van der Waals surface area (Å²) in [5, 5.41) is 13.8. The van der Waals surface area contributed by atoms with Gasteiger partial charge < -0.3 is 10.4 Å². The Kier molecular flexibility index (Phi) is 6.55. The number of benzene rings is 3. The fourth-order valence-corrected chi connectivity index (χ4v) is 3.61. The van der Waals surface area contributed by atoms with Crippen molar-refractivity contribution in [2.24, 2.45) is 0 Å². The summed E-state index contributed by atoms with van der Waals surface area (Å²) >= 11 is 1.87. The number of hydrogen-bond acceptors (Lipinski definition) is 3. The number of para-hydroxylation sites is 1. The zero-order chi connectivity index (χ0) is 17.3. The number of thioether (sulfide) groups is 1. The van der Waals surface area contributed by atoms with E-state index in [0.29, 0.717) is 5.75 Å². The molecule has 1 unspecified atom stereocenters. The second kappa shape index (κ2) is 9.30. The lowest BCUT2D eigenvalue weighted by molar-refractivity contribution is 0.457. The highest BCUT2D eigenvalue weighted by molar-refractivity contribution is 7.99. The van der Waals surface area contributed by atoms with Crippen molar-refractivity contribution < 1.29 is 5.11 Å². The molecule has 127 valence electrons. The van der Waals surface area contributed by atoms with E-state index in [1.807, 2.05) is 60.3 Å². The summed E-state index contributed by atoms with van der Waals surface area (Å²) in [6.45, 7) is 0.877. The molecule has 1 radical (unpaired) electrons. The van der Waals surface area contributed by atoms with Crippen molar-refractivity contribution in [3.05, 3.63) is 96.1 Å². The Bertz CT molecular complexity index is 761. The van der Waals surface area contributed by atoms with Crippen LogP contribution < -0.4 is 5.32 Å². The van der Waals surface area contributed by atoms with Crippen molar-refractivity contribution >= 4 is 11.8 Å². The molecule has 3 aromatic carbocycles. The second-order valence-corrected chi connectivity index (χ2v) is 6.95. The monoisotopic (exact) mass is 348 g/mol. The van der Waals surface area contributed by atoms with Gasteiger partial charge in [0.05, 0.1) is 6.04 Å². The van der Waals surface area contributed by atoms with Crippen molar-refractivity contribution in [3.63, 3.8) is 0 Å². The number of phenolic OH excluding ortho intramolecular Hbond substituents is 1. The van der Waals surface area contributed by atoms with E-state index in [2.05, 4.69) is 35.6 Å². The van der Waals surface area contributed by atoms with E-state index >= 15 is 0 Å². The fourth-order valence-electron chi connectivity index (χ4n) is 2.73. The van der Waals surface area contributed by atoms with Gasteiger partial charge in [0.2, 0.25) is 0 Å². The maximum atomic E-state index is 10.2. The van der Waals surface area contributed by atoms with Crippen LogP contribution in [-0.2, 0) is 0 Å². The molecule has 0 amide bonds. The number of phenols is 1. The average molecular weight is 348 g/mol. The molecule has 0 fully saturated rings. The first-order valence-corrected chi connectivity index (χ1v) is 9.49. The van der Waals surface area contributed by atoms with E-state index in [4.69, 9.17) is 0 Å². The zero-order valence-electron chi connectivity index (χ0n) is 14.1. The van der Waals surface area contributed by atoms with Crippen LogP contribution in [0.4, 0.5) is 0 Å². The van der Waals surface area contributed by atoms with E-state index in [9.17, 15) is 5.11 Å². The van der Waals surface area contributed by atoms with E-state index in [1.54, 1.807) is 6.07 Å². The van der Waals surface area contributed by atoms with Gasteiger partial charge in [-0.15, -0.1) is 11.8 Å². The number of hydrogen-bond donors (Lipinski definition) is 2. The molecule has 1 atom stereocenters. The van der Waals surface area contributed by atoms with Crippen LogP contribution >= 0.6 is 11.8 Å². The van der Waals surface area contributed by atoms with Gasteiger partial charge in [-0.25, -0.2) is 0 Å². The van der Waals surface area contributed by atoms with Gasteiger partial charge in [0.1, 0.15) is 5.75 Å². The molecule has 2 N–H and O–H groups in total. The molecular formula is C22H22NOS. The van der Waals surface area contributed by atoms with E-state index in [-0.39, 0.29) is 6.04 Å². The third-order valence-electron chi connectivity index (χ3n) is 3.97. The largest absolute Gasteiger partial charge is 0.508 e. The fraction of sp³-hybridized carbons (Fsp3) is 0.182. The lowest BCUT2D eigenvalue weighted by Crippen LogP contribution is -2.24. The van der Waals surface area contributed by atoms with Crippen molar-refractivity contribution in [1.29, 1.82) is 0 Å². The van der Waals surface area contributed by atoms with Gasteiger partial charge in [-0.05, 0) is 48.5 Å². The molecule has 0 saturated heterocycles. The lowest BCUT2D eigenvalue weighted by Gasteiger charge is -2.20. The Morgan fingerprint density at radius 2 is 1.68 bits per heavy atom. The summed E-state index contributed by atoms with van der Waals surface area (Å²) < 4.78 is 0. The maximum absolute atomic E-state index is 10.2. The zero-order valence-corrected chi connectivity index (χ0v) is 14.9. The smallest absolute Gasteiger partial charge is 0.120 e. The van der Waals surface area contributed by atoms with E-state index in [0.717, 1.165) is 29.8 Å². The molecule has 0 saturated carbocycles. The number of aromatic hydroxyl groups is 1. The van der Waals surface area contributed by atoms with Gasteiger partial charge in [0.15, 0.2) is 0 Å². The van der Waals surface area contributed by atoms with Crippen molar-refractivity contribution in [1.82, 2.24) is 5.32 Å². The van der Waals surface area contributed by atoms with Crippen LogP contribution in [0, 0.1) is 6.07 Å². The summed E-state index contributed by atoms with van der Waals surface area (Å²) in [5.41, 5.74) is 1.93. The normalized spacial score (nSPS) is 12.0. The van der Waals surface area contributed by atoms with Gasteiger partial charge in [-0.1, -0.05) is 60.7 Å². The third kappa shape index (κ3) is 5.12. The van der Waals surface area contributed by atoms with Crippen LogP contribution in [0.1, 0.15) is 23.6 Å². The molecule has 3 heteroatoms. The molecule has 2 nitrogen and oxygen atoms in total. The minimum atomic E-state index is -0.0517. The molecule has 0 bridgehead atoms. The second-order valence-electron chi connectivity index (χ2n) is 5.78. The van der Waals surface area contributed by atoms with Crippen LogP contribution in [0.5, 0.6) is 5.75 Å². The molecule has 0 heterocycles. The summed E-state index contributed by atoms with van der Waals surface area (Å²) in [7, 11) is 0. The summed E-state index contributed by atoms with van der Waals surface area (Å²) in [6.07, 6.45) is 1.05. The quantitative estimate of drug-likeness (QED) is 0.441. The highest BCUT2D eigenvalue weighted by Crippen LogP contribution is 2.28. The van der Waals surface area contributed by atoms with Crippen molar-refractivity contribution in [2.45, 2.75) is 17.4 Å². The summed E-state index contributed by atoms with van der Waals surface area (Å²) in [6, 6.07) is 29.1. The Hall–Kier alpha value is -2.23. The Balaban J connectivity index is 1.60. The van der Waals surface area contributed by atoms with Crippen LogP contribution in [0.2, 0.25) is 0 Å². The Labute approximate surface area is 153 Å².